The van der Waals surface area contributed by atoms with E-state index in [1.807, 2.05) is 34.9 Å². The third-order valence-corrected chi connectivity index (χ3v) is 4.08. The first-order valence-electron chi connectivity index (χ1n) is 7.75. The molecule has 0 atom stereocenters. The van der Waals surface area contributed by atoms with Crippen molar-refractivity contribution in [3.05, 3.63) is 71.9 Å². The number of aromatic nitrogens is 2. The quantitative estimate of drug-likeness (QED) is 0.585. The summed E-state index contributed by atoms with van der Waals surface area (Å²) in [6.07, 6.45) is 1.59. The number of nitrogens with zero attached hydrogens (tertiary/aromatic N) is 2. The molecule has 25 heavy (non-hydrogen) atoms. The summed E-state index contributed by atoms with van der Waals surface area (Å²) in [7, 11) is 0. The van der Waals surface area contributed by atoms with Gasteiger partial charge in [0, 0.05) is 10.7 Å². The van der Waals surface area contributed by atoms with Crippen LogP contribution in [0.5, 0.6) is 0 Å². The Hall–Kier alpha value is -3.05. The first kappa shape index (κ1) is 15.5. The molecule has 0 spiro atoms. The summed E-state index contributed by atoms with van der Waals surface area (Å²) in [5, 5.41) is 3.49. The fourth-order valence-corrected chi connectivity index (χ4v) is 2.83. The molecular formula is C19H14ClN3O2. The Bertz CT molecular complexity index is 1020. The number of amides is 1. The summed E-state index contributed by atoms with van der Waals surface area (Å²) in [6.45, 7) is 0.124. The van der Waals surface area contributed by atoms with E-state index in [1.165, 1.54) is 0 Å². The molecule has 6 heteroatoms. The predicted octanol–water partition coefficient (Wildman–Crippen LogP) is 4.59. The summed E-state index contributed by atoms with van der Waals surface area (Å²) in [4.78, 5) is 17.1. The molecule has 0 aliphatic heterocycles. The lowest BCUT2D eigenvalue weighted by Gasteiger charge is -2.09. The maximum atomic E-state index is 12.5. The van der Waals surface area contributed by atoms with Gasteiger partial charge < -0.3 is 14.3 Å². The minimum absolute atomic E-state index is 0.124. The zero-order chi connectivity index (χ0) is 17.2. The van der Waals surface area contributed by atoms with Gasteiger partial charge in [0.25, 0.3) is 0 Å². The van der Waals surface area contributed by atoms with Crippen LogP contribution < -0.4 is 5.32 Å². The minimum atomic E-state index is -0.154. The van der Waals surface area contributed by atoms with Crippen LogP contribution in [0.15, 0.2) is 71.3 Å². The van der Waals surface area contributed by atoms with Crippen LogP contribution in [0.1, 0.15) is 0 Å². The van der Waals surface area contributed by atoms with Gasteiger partial charge in [-0.15, -0.1) is 0 Å². The Morgan fingerprint density at radius 1 is 1.08 bits per heavy atom. The van der Waals surface area contributed by atoms with Crippen molar-refractivity contribution in [2.24, 2.45) is 0 Å². The normalized spacial score (nSPS) is 10.9. The van der Waals surface area contributed by atoms with E-state index < -0.39 is 0 Å². The Morgan fingerprint density at radius 3 is 2.64 bits per heavy atom. The van der Waals surface area contributed by atoms with E-state index in [-0.39, 0.29) is 12.5 Å². The van der Waals surface area contributed by atoms with E-state index >= 15 is 0 Å². The molecule has 0 radical (unpaired) electrons. The highest BCUT2D eigenvalue weighted by Gasteiger charge is 2.16. The summed E-state index contributed by atoms with van der Waals surface area (Å²) in [5.74, 6) is 1.09. The number of hydrogen-bond donors (Lipinski definition) is 1. The number of rotatable bonds is 4. The highest BCUT2D eigenvalue weighted by atomic mass is 35.5. The molecule has 124 valence electrons. The number of benzene rings is 2. The number of halogens is 1. The summed E-state index contributed by atoms with van der Waals surface area (Å²) in [6, 6.07) is 18.3. The van der Waals surface area contributed by atoms with Gasteiger partial charge in [-0.1, -0.05) is 23.7 Å². The SMILES string of the molecule is O=C(Cn1c(-c2ccco2)nc2ccccc21)Nc1ccc(Cl)cc1. The van der Waals surface area contributed by atoms with Crippen molar-refractivity contribution in [2.75, 3.05) is 5.32 Å². The second kappa shape index (κ2) is 6.45. The Morgan fingerprint density at radius 2 is 1.88 bits per heavy atom. The molecule has 0 unspecified atom stereocenters. The Kier molecular flexibility index (Phi) is 3.99. The molecule has 0 aliphatic rings. The van der Waals surface area contributed by atoms with Crippen LogP contribution in [-0.2, 0) is 11.3 Å². The number of nitrogens with one attached hydrogen (secondary N) is 1. The molecule has 1 N–H and O–H groups in total. The van der Waals surface area contributed by atoms with Gasteiger partial charge in [0.05, 0.1) is 17.3 Å². The number of anilines is 1. The molecule has 5 nitrogen and oxygen atoms in total. The van der Waals surface area contributed by atoms with Gasteiger partial charge in [-0.3, -0.25) is 4.79 Å². The fourth-order valence-electron chi connectivity index (χ4n) is 2.71. The lowest BCUT2D eigenvalue weighted by molar-refractivity contribution is -0.116. The van der Waals surface area contributed by atoms with Crippen LogP contribution in [0.2, 0.25) is 5.02 Å². The largest absolute Gasteiger partial charge is 0.461 e. The van der Waals surface area contributed by atoms with Crippen LogP contribution in [0.3, 0.4) is 0 Å². The van der Waals surface area contributed by atoms with Gasteiger partial charge in [0.15, 0.2) is 11.6 Å². The molecule has 0 fully saturated rings. The van der Waals surface area contributed by atoms with Crippen molar-refractivity contribution in [3.8, 4) is 11.6 Å². The third kappa shape index (κ3) is 3.14. The first-order chi connectivity index (χ1) is 12.2. The van der Waals surface area contributed by atoms with E-state index in [0.29, 0.717) is 22.3 Å². The lowest BCUT2D eigenvalue weighted by atomic mass is 10.3. The first-order valence-corrected chi connectivity index (χ1v) is 8.13. The number of hydrogen-bond acceptors (Lipinski definition) is 3. The molecule has 4 aromatic rings. The molecule has 0 saturated heterocycles. The molecule has 2 aromatic heterocycles. The summed E-state index contributed by atoms with van der Waals surface area (Å²) in [5.41, 5.74) is 2.38. The second-order valence-corrected chi connectivity index (χ2v) is 5.98. The minimum Gasteiger partial charge on any atom is -0.461 e. The smallest absolute Gasteiger partial charge is 0.244 e. The summed E-state index contributed by atoms with van der Waals surface area (Å²) < 4.78 is 7.32. The van der Waals surface area contributed by atoms with Crippen LogP contribution in [0.4, 0.5) is 5.69 Å². The standard InChI is InChI=1S/C19H14ClN3O2/c20-13-7-9-14(10-8-13)21-18(24)12-23-16-5-2-1-4-15(16)22-19(23)17-6-3-11-25-17/h1-11H,12H2,(H,21,24). The van der Waals surface area contributed by atoms with E-state index in [0.717, 1.165) is 11.0 Å². The number of para-hydroxylation sites is 2. The van der Waals surface area contributed by atoms with Gasteiger partial charge in [-0.25, -0.2) is 4.98 Å². The second-order valence-electron chi connectivity index (χ2n) is 5.54. The fraction of sp³-hybridized carbons (Fsp3) is 0.0526. The van der Waals surface area contributed by atoms with Gasteiger partial charge in [0.1, 0.15) is 6.54 Å². The highest BCUT2D eigenvalue weighted by Crippen LogP contribution is 2.25. The van der Waals surface area contributed by atoms with Crippen LogP contribution >= 0.6 is 11.6 Å². The van der Waals surface area contributed by atoms with E-state index in [2.05, 4.69) is 10.3 Å². The van der Waals surface area contributed by atoms with Crippen molar-refractivity contribution < 1.29 is 9.21 Å². The number of carbonyl (C=O) groups excluding carboxylic acids is 1. The zero-order valence-corrected chi connectivity index (χ0v) is 13.9. The van der Waals surface area contributed by atoms with Crippen LogP contribution in [0.25, 0.3) is 22.6 Å². The van der Waals surface area contributed by atoms with Gasteiger partial charge in [-0.2, -0.15) is 0 Å². The maximum Gasteiger partial charge on any atom is 0.244 e. The van der Waals surface area contributed by atoms with Gasteiger partial charge in [-0.05, 0) is 48.5 Å². The molecule has 0 saturated carbocycles. The Labute approximate surface area is 148 Å². The van der Waals surface area contributed by atoms with E-state index in [4.69, 9.17) is 16.0 Å². The number of carbonyl (C=O) groups is 1. The monoisotopic (exact) mass is 351 g/mol. The van der Waals surface area contributed by atoms with Gasteiger partial charge in [0.2, 0.25) is 5.91 Å². The van der Waals surface area contributed by atoms with E-state index in [1.54, 1.807) is 36.6 Å². The van der Waals surface area contributed by atoms with Crippen molar-refractivity contribution in [2.45, 2.75) is 6.54 Å². The van der Waals surface area contributed by atoms with Crippen molar-refractivity contribution in [1.82, 2.24) is 9.55 Å². The molecule has 2 heterocycles. The molecule has 0 aliphatic carbocycles. The third-order valence-electron chi connectivity index (χ3n) is 3.83. The van der Waals surface area contributed by atoms with Crippen LogP contribution in [0, 0.1) is 0 Å². The zero-order valence-electron chi connectivity index (χ0n) is 13.1. The van der Waals surface area contributed by atoms with Crippen molar-refractivity contribution in [1.29, 1.82) is 0 Å². The highest BCUT2D eigenvalue weighted by molar-refractivity contribution is 6.30. The van der Waals surface area contributed by atoms with Crippen LogP contribution in [-0.4, -0.2) is 15.5 Å². The number of imidazole rings is 1. The van der Waals surface area contributed by atoms with Crippen molar-refractivity contribution >= 4 is 34.2 Å². The average molecular weight is 352 g/mol. The van der Waals surface area contributed by atoms with Crippen molar-refractivity contribution in [3.63, 3.8) is 0 Å². The Balaban J connectivity index is 1.67. The molecule has 1 amide bonds. The number of fused-ring (bicyclic) bond motifs is 1. The average Bonchev–Trinajstić information content (AvgIpc) is 3.25. The lowest BCUT2D eigenvalue weighted by Crippen LogP contribution is -2.19. The predicted molar refractivity (Wildman–Crippen MR) is 97.5 cm³/mol. The van der Waals surface area contributed by atoms with Gasteiger partial charge >= 0.3 is 0 Å². The van der Waals surface area contributed by atoms with E-state index in [9.17, 15) is 4.79 Å². The summed E-state index contributed by atoms with van der Waals surface area (Å²) >= 11 is 5.87. The molecule has 0 bridgehead atoms. The topological polar surface area (TPSA) is 60.1 Å². The molecule has 2 aromatic carbocycles. The number of furan rings is 1. The molecular weight excluding hydrogens is 338 g/mol. The maximum absolute atomic E-state index is 12.5. The molecule has 4 rings (SSSR count).